The van der Waals surface area contributed by atoms with E-state index in [4.69, 9.17) is 0 Å². The van der Waals surface area contributed by atoms with Crippen LogP contribution in [0.5, 0.6) is 0 Å². The van der Waals surface area contributed by atoms with Crippen LogP contribution in [0.15, 0.2) is 18.2 Å². The quantitative estimate of drug-likeness (QED) is 0.904. The highest BCUT2D eigenvalue weighted by Crippen LogP contribution is 2.26. The Morgan fingerprint density at radius 1 is 1.48 bits per heavy atom. The van der Waals surface area contributed by atoms with Crippen molar-refractivity contribution in [3.05, 3.63) is 23.8 Å². The second-order valence-corrected chi connectivity index (χ2v) is 9.27. The number of fused-ring (bicyclic) bond motifs is 1. The topological polar surface area (TPSA) is 79.4 Å². The van der Waals surface area contributed by atoms with E-state index in [2.05, 4.69) is 10.3 Å². The Morgan fingerprint density at radius 2 is 2.26 bits per heavy atom. The van der Waals surface area contributed by atoms with Gasteiger partial charge in [-0.1, -0.05) is 17.4 Å². The molecule has 2 heterocycles. The van der Waals surface area contributed by atoms with Crippen LogP contribution in [-0.2, 0) is 14.6 Å². The lowest BCUT2D eigenvalue weighted by molar-refractivity contribution is -0.117. The number of thiazole rings is 1. The van der Waals surface area contributed by atoms with E-state index in [1.165, 1.54) is 11.3 Å². The smallest absolute Gasteiger partial charge is 0.240 e. The van der Waals surface area contributed by atoms with Crippen molar-refractivity contribution in [3.8, 4) is 0 Å². The summed E-state index contributed by atoms with van der Waals surface area (Å²) in [7, 11) is -1.16. The number of benzene rings is 1. The van der Waals surface area contributed by atoms with E-state index in [1.54, 1.807) is 11.9 Å². The van der Waals surface area contributed by atoms with E-state index in [0.29, 0.717) is 11.6 Å². The molecule has 0 bridgehead atoms. The summed E-state index contributed by atoms with van der Waals surface area (Å²) in [6, 6.07) is 5.88. The van der Waals surface area contributed by atoms with Crippen molar-refractivity contribution in [1.29, 1.82) is 0 Å². The zero-order chi connectivity index (χ0) is 16.6. The second-order valence-electron chi connectivity index (χ2n) is 6.01. The molecule has 1 aromatic carbocycles. The minimum Gasteiger partial charge on any atom is -0.301 e. The summed E-state index contributed by atoms with van der Waals surface area (Å²) in [6.45, 7) is 2.18. The van der Waals surface area contributed by atoms with Gasteiger partial charge in [-0.15, -0.1) is 0 Å². The molecule has 8 heteroatoms. The summed E-state index contributed by atoms with van der Waals surface area (Å²) in [4.78, 5) is 18.3. The number of aromatic nitrogens is 1. The van der Waals surface area contributed by atoms with Crippen LogP contribution in [0.4, 0.5) is 5.13 Å². The van der Waals surface area contributed by atoms with Gasteiger partial charge < -0.3 is 5.32 Å². The Bertz CT molecular complexity index is 845. The van der Waals surface area contributed by atoms with Gasteiger partial charge in [-0.2, -0.15) is 0 Å². The molecule has 3 rings (SSSR count). The fraction of sp³-hybridized carbons (Fsp3) is 0.467. The highest BCUT2D eigenvalue weighted by Gasteiger charge is 2.31. The third kappa shape index (κ3) is 3.88. The lowest BCUT2D eigenvalue weighted by Crippen LogP contribution is -2.38. The number of anilines is 1. The predicted molar refractivity (Wildman–Crippen MR) is 92.7 cm³/mol. The number of carbonyl (C=O) groups excluding carboxylic acids is 1. The van der Waals surface area contributed by atoms with E-state index in [0.717, 1.165) is 15.8 Å². The fourth-order valence-corrected chi connectivity index (χ4v) is 5.51. The number of nitrogens with zero attached hydrogens (tertiary/aromatic N) is 2. The Balaban J connectivity index is 1.62. The Labute approximate surface area is 139 Å². The van der Waals surface area contributed by atoms with E-state index in [1.807, 2.05) is 25.1 Å². The van der Waals surface area contributed by atoms with Gasteiger partial charge in [0.2, 0.25) is 5.91 Å². The number of carbonyl (C=O) groups is 1. The molecule has 1 aliphatic rings. The van der Waals surface area contributed by atoms with Crippen molar-refractivity contribution >= 4 is 42.4 Å². The molecule has 23 heavy (non-hydrogen) atoms. The normalized spacial score (nSPS) is 20.2. The van der Waals surface area contributed by atoms with Gasteiger partial charge in [0.1, 0.15) is 0 Å². The minimum atomic E-state index is -2.94. The van der Waals surface area contributed by atoms with Crippen molar-refractivity contribution in [2.24, 2.45) is 0 Å². The first kappa shape index (κ1) is 16.4. The third-order valence-electron chi connectivity index (χ3n) is 4.02. The van der Waals surface area contributed by atoms with Crippen LogP contribution < -0.4 is 5.32 Å². The summed E-state index contributed by atoms with van der Waals surface area (Å²) < 4.78 is 24.1. The largest absolute Gasteiger partial charge is 0.301 e. The Kier molecular flexibility index (Phi) is 4.39. The highest BCUT2D eigenvalue weighted by atomic mass is 32.2. The SMILES string of the molecule is Cc1ccc2nc(NC(=O)CN(C)[C@H]3CCS(=O)(=O)C3)sc2c1. The second kappa shape index (κ2) is 6.18. The van der Waals surface area contributed by atoms with Gasteiger partial charge in [-0.25, -0.2) is 13.4 Å². The first-order chi connectivity index (χ1) is 10.8. The average molecular weight is 353 g/mol. The number of nitrogens with one attached hydrogen (secondary N) is 1. The average Bonchev–Trinajstić information content (AvgIpc) is 3.00. The molecule has 0 saturated carbocycles. The highest BCUT2D eigenvalue weighted by molar-refractivity contribution is 7.91. The summed E-state index contributed by atoms with van der Waals surface area (Å²) in [5.41, 5.74) is 2.02. The Hall–Kier alpha value is -1.51. The summed E-state index contributed by atoms with van der Waals surface area (Å²) >= 11 is 1.44. The molecule has 2 aromatic rings. The fourth-order valence-electron chi connectivity index (χ4n) is 2.72. The summed E-state index contributed by atoms with van der Waals surface area (Å²) in [5.74, 6) is 0.172. The first-order valence-electron chi connectivity index (χ1n) is 7.40. The van der Waals surface area contributed by atoms with E-state index in [9.17, 15) is 13.2 Å². The molecule has 1 saturated heterocycles. The molecule has 1 aliphatic heterocycles. The van der Waals surface area contributed by atoms with Crippen LogP contribution in [0.2, 0.25) is 0 Å². The summed E-state index contributed by atoms with van der Waals surface area (Å²) in [5, 5.41) is 3.38. The van der Waals surface area contributed by atoms with Crippen molar-refractivity contribution in [3.63, 3.8) is 0 Å². The number of sulfone groups is 1. The molecule has 0 unspecified atom stereocenters. The standard InChI is InChI=1S/C15H19N3O3S2/c1-10-3-4-12-13(7-10)22-15(16-12)17-14(19)8-18(2)11-5-6-23(20,21)9-11/h3-4,7,11H,5-6,8-9H2,1-2H3,(H,16,17,19)/t11-/m0/s1. The van der Waals surface area contributed by atoms with Gasteiger partial charge in [-0.3, -0.25) is 9.69 Å². The lowest BCUT2D eigenvalue weighted by Gasteiger charge is -2.21. The number of likely N-dealkylation sites (N-methyl/N-ethyl adjacent to an activating group) is 1. The van der Waals surface area contributed by atoms with Crippen LogP contribution in [0.3, 0.4) is 0 Å². The maximum atomic E-state index is 12.1. The minimum absolute atomic E-state index is 0.0798. The van der Waals surface area contributed by atoms with Crippen LogP contribution in [0, 0.1) is 6.92 Å². The Morgan fingerprint density at radius 3 is 2.96 bits per heavy atom. The molecular formula is C15H19N3O3S2. The molecular weight excluding hydrogens is 334 g/mol. The van der Waals surface area contributed by atoms with Crippen molar-refractivity contribution in [1.82, 2.24) is 9.88 Å². The number of rotatable bonds is 4. The molecule has 1 amide bonds. The number of amides is 1. The molecule has 0 spiro atoms. The third-order valence-corrected chi connectivity index (χ3v) is 6.70. The maximum absolute atomic E-state index is 12.1. The summed E-state index contributed by atoms with van der Waals surface area (Å²) in [6.07, 6.45) is 0.590. The van der Waals surface area contributed by atoms with Crippen LogP contribution in [0.1, 0.15) is 12.0 Å². The monoisotopic (exact) mass is 353 g/mol. The van der Waals surface area contributed by atoms with Gasteiger partial charge in [0, 0.05) is 6.04 Å². The van der Waals surface area contributed by atoms with Crippen molar-refractivity contribution in [2.45, 2.75) is 19.4 Å². The van der Waals surface area contributed by atoms with Gasteiger partial charge >= 0.3 is 0 Å². The molecule has 0 aliphatic carbocycles. The van der Waals surface area contributed by atoms with E-state index >= 15 is 0 Å². The lowest BCUT2D eigenvalue weighted by atomic mass is 10.2. The zero-order valence-corrected chi connectivity index (χ0v) is 14.7. The van der Waals surface area contributed by atoms with Crippen molar-refractivity contribution in [2.75, 3.05) is 30.4 Å². The van der Waals surface area contributed by atoms with Crippen molar-refractivity contribution < 1.29 is 13.2 Å². The number of aryl methyl sites for hydroxylation is 1. The molecule has 1 atom stereocenters. The van der Waals surface area contributed by atoms with E-state index in [-0.39, 0.29) is 30.0 Å². The van der Waals surface area contributed by atoms with E-state index < -0.39 is 9.84 Å². The predicted octanol–water partition coefficient (Wildman–Crippen LogP) is 1.66. The molecule has 1 fully saturated rings. The zero-order valence-electron chi connectivity index (χ0n) is 13.1. The van der Waals surface area contributed by atoms with Gasteiger partial charge in [0.15, 0.2) is 15.0 Å². The van der Waals surface area contributed by atoms with Gasteiger partial charge in [0.05, 0.1) is 28.3 Å². The van der Waals surface area contributed by atoms with Gasteiger partial charge in [-0.05, 0) is 38.1 Å². The molecule has 1 N–H and O–H groups in total. The maximum Gasteiger partial charge on any atom is 0.240 e. The molecule has 1 aromatic heterocycles. The molecule has 0 radical (unpaired) electrons. The number of hydrogen-bond acceptors (Lipinski definition) is 6. The van der Waals surface area contributed by atoms with Crippen LogP contribution in [0.25, 0.3) is 10.2 Å². The molecule has 124 valence electrons. The van der Waals surface area contributed by atoms with Crippen LogP contribution >= 0.6 is 11.3 Å². The van der Waals surface area contributed by atoms with Gasteiger partial charge in [0.25, 0.3) is 0 Å². The van der Waals surface area contributed by atoms with Crippen LogP contribution in [-0.4, -0.2) is 55.3 Å². The number of hydrogen-bond donors (Lipinski definition) is 1. The first-order valence-corrected chi connectivity index (χ1v) is 10.0. The molecule has 6 nitrogen and oxygen atoms in total.